The van der Waals surface area contributed by atoms with Gasteiger partial charge < -0.3 is 47.7 Å². The molecule has 252 valence electrons. The lowest BCUT2D eigenvalue weighted by atomic mass is 9.48. The van der Waals surface area contributed by atoms with Crippen molar-refractivity contribution in [1.29, 1.82) is 0 Å². The first kappa shape index (κ1) is 35.5. The predicted molar refractivity (Wildman–Crippen MR) is 165 cm³/mol. The van der Waals surface area contributed by atoms with Crippen LogP contribution in [0.25, 0.3) is 0 Å². The van der Waals surface area contributed by atoms with Gasteiger partial charge in [0, 0.05) is 0 Å². The first-order chi connectivity index (χ1) is 21.8. The van der Waals surface area contributed by atoms with Crippen molar-refractivity contribution in [1.82, 2.24) is 0 Å². The van der Waals surface area contributed by atoms with Crippen LogP contribution in [0.3, 0.4) is 0 Å². The highest BCUT2D eigenvalue weighted by atomic mass is 16.6. The fourth-order valence-corrected chi connectivity index (χ4v) is 7.29. The lowest BCUT2D eigenvalue weighted by molar-refractivity contribution is -0.0242. The Morgan fingerprint density at radius 1 is 0.455 bits per heavy atom. The summed E-state index contributed by atoms with van der Waals surface area (Å²) in [5, 5.41) is 8.59. The fourth-order valence-electron chi connectivity index (χ4n) is 7.29. The van der Waals surface area contributed by atoms with Crippen LogP contribution in [-0.2, 0) is 43.3 Å². The Morgan fingerprint density at radius 2 is 0.773 bits per heavy atom. The second-order valence-electron chi connectivity index (χ2n) is 12.2. The molecule has 44 heavy (non-hydrogen) atoms. The Labute approximate surface area is 263 Å². The van der Waals surface area contributed by atoms with Crippen LogP contribution in [0.4, 0.5) is 0 Å². The Hall–Kier alpha value is -1.34. The third-order valence-corrected chi connectivity index (χ3v) is 8.84. The standard InChI is InChI=1S/C34H56O10/c35-5-6-36-7-8-37-9-10-38-11-12-39-13-14-40-15-16-41-17-18-42-19-20-43-21-22-44-33-3-1-32(2-4-33)34-26-29-23-30(27-34)25-31(24-29)28-34/h1-4,29-31,35H,5-28H2. The van der Waals surface area contributed by atoms with E-state index in [2.05, 4.69) is 24.3 Å². The van der Waals surface area contributed by atoms with E-state index >= 15 is 0 Å². The zero-order chi connectivity index (χ0) is 30.5. The molecule has 0 aromatic heterocycles. The molecular formula is C34H56O10. The van der Waals surface area contributed by atoms with Crippen LogP contribution in [-0.4, -0.2) is 124 Å². The van der Waals surface area contributed by atoms with E-state index in [1.807, 2.05) is 0 Å². The Kier molecular flexibility index (Phi) is 17.3. The Bertz CT molecular complexity index is 816. The molecule has 0 amide bonds. The molecule has 4 aliphatic rings. The van der Waals surface area contributed by atoms with Crippen LogP contribution in [0.1, 0.15) is 44.1 Å². The second-order valence-corrected chi connectivity index (χ2v) is 12.2. The molecule has 0 atom stereocenters. The topological polar surface area (TPSA) is 103 Å². The molecule has 4 saturated carbocycles. The van der Waals surface area contributed by atoms with Crippen molar-refractivity contribution in [3.8, 4) is 5.75 Å². The van der Waals surface area contributed by atoms with E-state index in [9.17, 15) is 0 Å². The van der Waals surface area contributed by atoms with Gasteiger partial charge in [0.25, 0.3) is 0 Å². The SMILES string of the molecule is OCCOCCOCCOCCOCCOCCOCCOCCOCCOc1ccc(C23CC4CC(CC(C4)C2)C3)cc1. The number of rotatable bonds is 28. The van der Waals surface area contributed by atoms with Gasteiger partial charge in [-0.05, 0) is 79.4 Å². The van der Waals surface area contributed by atoms with Gasteiger partial charge in [0.2, 0.25) is 0 Å². The third kappa shape index (κ3) is 13.2. The molecule has 0 spiro atoms. The summed E-state index contributed by atoms with van der Waals surface area (Å²) in [6, 6.07) is 8.93. The molecule has 10 nitrogen and oxygen atoms in total. The van der Waals surface area contributed by atoms with Gasteiger partial charge in [-0.15, -0.1) is 0 Å². The van der Waals surface area contributed by atoms with E-state index in [1.165, 1.54) is 44.1 Å². The molecule has 1 aromatic carbocycles. The van der Waals surface area contributed by atoms with Crippen molar-refractivity contribution >= 4 is 0 Å². The predicted octanol–water partition coefficient (Wildman–Crippen LogP) is 3.66. The first-order valence-electron chi connectivity index (χ1n) is 16.7. The van der Waals surface area contributed by atoms with Gasteiger partial charge in [0.1, 0.15) is 12.4 Å². The van der Waals surface area contributed by atoms with E-state index in [1.54, 1.807) is 0 Å². The number of benzene rings is 1. The van der Waals surface area contributed by atoms with Crippen molar-refractivity contribution in [2.24, 2.45) is 17.8 Å². The van der Waals surface area contributed by atoms with Gasteiger partial charge in [-0.3, -0.25) is 0 Å². The van der Waals surface area contributed by atoms with Crippen molar-refractivity contribution in [2.45, 2.75) is 43.9 Å². The Morgan fingerprint density at radius 3 is 1.11 bits per heavy atom. The number of hydrogen-bond donors (Lipinski definition) is 1. The molecule has 1 aromatic rings. The molecule has 0 radical (unpaired) electrons. The number of ether oxygens (including phenoxy) is 9. The Balaban J connectivity index is 0.846. The van der Waals surface area contributed by atoms with Gasteiger partial charge in [0.15, 0.2) is 0 Å². The molecule has 4 bridgehead atoms. The number of hydrogen-bond acceptors (Lipinski definition) is 10. The summed E-state index contributed by atoms with van der Waals surface area (Å²) >= 11 is 0. The van der Waals surface area contributed by atoms with Gasteiger partial charge in [0.05, 0.1) is 112 Å². The van der Waals surface area contributed by atoms with Gasteiger partial charge >= 0.3 is 0 Å². The minimum absolute atomic E-state index is 0.0308. The second kappa shape index (κ2) is 21.5. The minimum Gasteiger partial charge on any atom is -0.491 e. The van der Waals surface area contributed by atoms with Crippen LogP contribution < -0.4 is 4.74 Å². The summed E-state index contributed by atoms with van der Waals surface area (Å²) in [5.74, 6) is 3.82. The number of aliphatic hydroxyl groups excluding tert-OH is 1. The highest BCUT2D eigenvalue weighted by Crippen LogP contribution is 2.60. The summed E-state index contributed by atoms with van der Waals surface area (Å²) in [6.45, 7) is 8.70. The maximum Gasteiger partial charge on any atom is 0.119 e. The third-order valence-electron chi connectivity index (χ3n) is 8.84. The summed E-state index contributed by atoms with van der Waals surface area (Å²) < 4.78 is 49.4. The molecular weight excluding hydrogens is 568 g/mol. The maximum atomic E-state index is 8.59. The normalized spacial score (nSPS) is 23.9. The molecule has 0 aliphatic heterocycles. The van der Waals surface area contributed by atoms with Crippen LogP contribution in [0.15, 0.2) is 24.3 Å². The van der Waals surface area contributed by atoms with E-state index in [0.717, 1.165) is 23.5 Å². The van der Waals surface area contributed by atoms with Crippen molar-refractivity contribution in [3.63, 3.8) is 0 Å². The molecule has 4 aliphatic carbocycles. The number of aliphatic hydroxyl groups is 1. The van der Waals surface area contributed by atoms with E-state index in [-0.39, 0.29) is 6.61 Å². The monoisotopic (exact) mass is 624 g/mol. The van der Waals surface area contributed by atoms with Crippen LogP contribution in [0.5, 0.6) is 5.75 Å². The quantitative estimate of drug-likeness (QED) is 0.139. The summed E-state index contributed by atoms with van der Waals surface area (Å²) in [5.41, 5.74) is 1.98. The van der Waals surface area contributed by atoms with Gasteiger partial charge in [-0.1, -0.05) is 12.1 Å². The van der Waals surface area contributed by atoms with E-state index < -0.39 is 0 Å². The average molecular weight is 625 g/mol. The summed E-state index contributed by atoms with van der Waals surface area (Å²) in [7, 11) is 0. The highest BCUT2D eigenvalue weighted by molar-refractivity contribution is 5.34. The van der Waals surface area contributed by atoms with Crippen LogP contribution in [0, 0.1) is 17.8 Å². The fraction of sp³-hybridized carbons (Fsp3) is 0.824. The zero-order valence-electron chi connectivity index (χ0n) is 26.6. The van der Waals surface area contributed by atoms with Crippen LogP contribution in [0.2, 0.25) is 0 Å². The molecule has 1 N–H and O–H groups in total. The van der Waals surface area contributed by atoms with Crippen LogP contribution >= 0.6 is 0 Å². The van der Waals surface area contributed by atoms with E-state index in [0.29, 0.717) is 118 Å². The van der Waals surface area contributed by atoms with Gasteiger partial charge in [-0.2, -0.15) is 0 Å². The maximum absolute atomic E-state index is 8.59. The molecule has 0 unspecified atom stereocenters. The van der Waals surface area contributed by atoms with Crippen molar-refractivity contribution in [2.75, 3.05) is 119 Å². The summed E-state index contributed by atoms with van der Waals surface area (Å²) in [4.78, 5) is 0. The van der Waals surface area contributed by atoms with Crippen molar-refractivity contribution in [3.05, 3.63) is 29.8 Å². The molecule has 4 fully saturated rings. The molecule has 0 saturated heterocycles. The molecule has 5 rings (SSSR count). The summed E-state index contributed by atoms with van der Waals surface area (Å²) in [6.07, 6.45) is 8.63. The van der Waals surface area contributed by atoms with E-state index in [4.69, 9.17) is 47.7 Å². The average Bonchev–Trinajstić information content (AvgIpc) is 3.02. The first-order valence-corrected chi connectivity index (χ1v) is 16.7. The van der Waals surface area contributed by atoms with Gasteiger partial charge in [-0.25, -0.2) is 0 Å². The lowest BCUT2D eigenvalue weighted by Gasteiger charge is -2.57. The highest BCUT2D eigenvalue weighted by Gasteiger charge is 2.51. The molecule has 0 heterocycles. The zero-order valence-corrected chi connectivity index (χ0v) is 26.6. The smallest absolute Gasteiger partial charge is 0.119 e. The van der Waals surface area contributed by atoms with Crippen molar-refractivity contribution < 1.29 is 47.7 Å². The molecule has 10 heteroatoms. The lowest BCUT2D eigenvalue weighted by Crippen LogP contribution is -2.48. The largest absolute Gasteiger partial charge is 0.491 e. The minimum atomic E-state index is 0.0308.